The SMILES string of the molecule is C#Cc1c(F)ccc2cc(N)cc(-c3ccc4c(N5CC6C=CC(C5)N6)nc(OCC56C=C(F)CN5CCC6)nc4c3F)c12. The molecular formula is C34H29F3N6O. The van der Waals surface area contributed by atoms with E-state index < -0.39 is 17.2 Å². The fourth-order valence-electron chi connectivity index (χ4n) is 7.33. The van der Waals surface area contributed by atoms with Gasteiger partial charge in [-0.15, -0.1) is 6.42 Å². The smallest absolute Gasteiger partial charge is 0.319 e. The number of nitrogens with two attached hydrogens (primary N) is 1. The first kappa shape index (κ1) is 27.0. The van der Waals surface area contributed by atoms with Crippen molar-refractivity contribution in [1.82, 2.24) is 20.2 Å². The zero-order chi connectivity index (χ0) is 30.2. The fraction of sp³-hybridized carbons (Fsp3) is 0.294. The number of nitrogens with zero attached hydrogens (tertiary/aromatic N) is 4. The highest BCUT2D eigenvalue weighted by molar-refractivity contribution is 6.04. The molecule has 0 amide bonds. The number of fused-ring (bicyclic) bond motifs is 5. The Morgan fingerprint density at radius 2 is 1.89 bits per heavy atom. The number of benzene rings is 3. The number of nitrogens with one attached hydrogen (secondary N) is 1. The van der Waals surface area contributed by atoms with Crippen LogP contribution in [0.1, 0.15) is 18.4 Å². The zero-order valence-electron chi connectivity index (χ0n) is 23.8. The van der Waals surface area contributed by atoms with E-state index in [0.717, 1.165) is 19.4 Å². The largest absolute Gasteiger partial charge is 0.461 e. The van der Waals surface area contributed by atoms with Gasteiger partial charge in [-0.1, -0.05) is 30.2 Å². The normalized spacial score (nSPS) is 24.2. The molecule has 4 aromatic rings. The predicted molar refractivity (Wildman–Crippen MR) is 165 cm³/mol. The van der Waals surface area contributed by atoms with Gasteiger partial charge in [-0.05, 0) is 60.7 Å². The van der Waals surface area contributed by atoms with Gasteiger partial charge in [0.1, 0.15) is 29.6 Å². The minimum Gasteiger partial charge on any atom is -0.461 e. The summed E-state index contributed by atoms with van der Waals surface area (Å²) in [6.07, 6.45) is 13.3. The summed E-state index contributed by atoms with van der Waals surface area (Å²) in [6.45, 7) is 2.46. The molecule has 4 aliphatic rings. The van der Waals surface area contributed by atoms with E-state index in [2.05, 4.69) is 38.2 Å². The molecule has 0 spiro atoms. The van der Waals surface area contributed by atoms with Crippen LogP contribution in [0.25, 0.3) is 32.8 Å². The van der Waals surface area contributed by atoms with Crippen molar-refractivity contribution >= 4 is 33.2 Å². The Balaban J connectivity index is 1.28. The van der Waals surface area contributed by atoms with E-state index in [1.54, 1.807) is 36.4 Å². The minimum absolute atomic E-state index is 0.0112. The molecule has 5 heterocycles. The third-order valence-electron chi connectivity index (χ3n) is 9.31. The van der Waals surface area contributed by atoms with Gasteiger partial charge in [-0.3, -0.25) is 4.90 Å². The fourth-order valence-corrected chi connectivity index (χ4v) is 7.33. The van der Waals surface area contributed by atoms with E-state index in [0.29, 0.717) is 46.3 Å². The highest BCUT2D eigenvalue weighted by atomic mass is 19.1. The molecule has 0 saturated carbocycles. The second-order valence-corrected chi connectivity index (χ2v) is 12.1. The lowest BCUT2D eigenvalue weighted by Crippen LogP contribution is -2.52. The number of nitrogen functional groups attached to an aromatic ring is 1. The molecule has 222 valence electrons. The highest BCUT2D eigenvalue weighted by Crippen LogP contribution is 2.41. The Morgan fingerprint density at radius 1 is 1.07 bits per heavy atom. The monoisotopic (exact) mass is 594 g/mol. The number of ether oxygens (including phenoxy) is 1. The lowest BCUT2D eigenvalue weighted by atomic mass is 9.92. The molecule has 2 fully saturated rings. The van der Waals surface area contributed by atoms with Gasteiger partial charge in [0.05, 0.1) is 17.6 Å². The Morgan fingerprint density at radius 3 is 2.68 bits per heavy atom. The van der Waals surface area contributed by atoms with E-state index in [1.807, 2.05) is 0 Å². The van der Waals surface area contributed by atoms with Crippen molar-refractivity contribution in [2.24, 2.45) is 0 Å². The van der Waals surface area contributed by atoms with Crippen LogP contribution < -0.4 is 20.7 Å². The third-order valence-corrected chi connectivity index (χ3v) is 9.31. The van der Waals surface area contributed by atoms with Gasteiger partial charge in [0, 0.05) is 47.2 Å². The van der Waals surface area contributed by atoms with Crippen LogP contribution in [0.4, 0.5) is 24.7 Å². The molecule has 2 saturated heterocycles. The van der Waals surface area contributed by atoms with Crippen molar-refractivity contribution in [3.8, 4) is 29.5 Å². The van der Waals surface area contributed by atoms with E-state index in [4.69, 9.17) is 21.9 Å². The van der Waals surface area contributed by atoms with Gasteiger partial charge < -0.3 is 20.7 Å². The number of piperazine rings is 1. The van der Waals surface area contributed by atoms with E-state index in [1.165, 1.54) is 6.07 Å². The van der Waals surface area contributed by atoms with Crippen molar-refractivity contribution in [3.05, 3.63) is 77.7 Å². The number of aromatic nitrogens is 2. The van der Waals surface area contributed by atoms with Gasteiger partial charge in [0.2, 0.25) is 0 Å². The Kier molecular flexibility index (Phi) is 6.12. The number of hydrogen-bond donors (Lipinski definition) is 2. The van der Waals surface area contributed by atoms with E-state index in [9.17, 15) is 8.78 Å². The molecule has 3 aromatic carbocycles. The van der Waals surface area contributed by atoms with Crippen LogP contribution >= 0.6 is 0 Å². The molecule has 44 heavy (non-hydrogen) atoms. The van der Waals surface area contributed by atoms with Crippen molar-refractivity contribution < 1.29 is 17.9 Å². The molecule has 3 N–H and O–H groups in total. The van der Waals surface area contributed by atoms with Gasteiger partial charge in [0.15, 0.2) is 5.82 Å². The minimum atomic E-state index is -0.626. The Bertz CT molecular complexity index is 1960. The van der Waals surface area contributed by atoms with Crippen LogP contribution in [0.2, 0.25) is 0 Å². The molecule has 7 nitrogen and oxygen atoms in total. The number of terminal acetylenes is 1. The lowest BCUT2D eigenvalue weighted by molar-refractivity contribution is 0.130. The van der Waals surface area contributed by atoms with Crippen LogP contribution in [-0.4, -0.2) is 65.3 Å². The first-order valence-electron chi connectivity index (χ1n) is 14.8. The number of anilines is 2. The first-order chi connectivity index (χ1) is 21.3. The summed E-state index contributed by atoms with van der Waals surface area (Å²) < 4.78 is 52.1. The quantitative estimate of drug-likeness (QED) is 0.189. The zero-order valence-corrected chi connectivity index (χ0v) is 23.8. The molecule has 2 bridgehead atoms. The average molecular weight is 595 g/mol. The standard InChI is InChI=1S/C34H29F3N6O/c1-2-24-28(36)9-4-19-12-21(38)13-27(29(19)24)25-7-8-26-31(30(25)37)40-33(41-32(26)42-16-22-5-6-23(17-42)39-22)44-18-34-10-3-11-43(34)15-20(35)14-34/h1,4-9,12-14,22-23,39H,3,10-11,15-18,38H2. The molecule has 0 radical (unpaired) electrons. The van der Waals surface area contributed by atoms with Gasteiger partial charge in [0.25, 0.3) is 0 Å². The van der Waals surface area contributed by atoms with Crippen molar-refractivity contribution in [2.75, 3.05) is 43.4 Å². The number of rotatable bonds is 5. The molecular weight excluding hydrogens is 565 g/mol. The van der Waals surface area contributed by atoms with Crippen LogP contribution in [-0.2, 0) is 0 Å². The Labute approximate surface area is 252 Å². The van der Waals surface area contributed by atoms with Crippen LogP contribution in [0, 0.1) is 24.0 Å². The van der Waals surface area contributed by atoms with Crippen molar-refractivity contribution in [2.45, 2.75) is 30.5 Å². The topological polar surface area (TPSA) is 79.5 Å². The van der Waals surface area contributed by atoms with E-state index in [-0.39, 0.29) is 53.7 Å². The predicted octanol–water partition coefficient (Wildman–Crippen LogP) is 5.09. The molecule has 4 aliphatic heterocycles. The molecule has 0 aliphatic carbocycles. The molecule has 8 rings (SSSR count). The van der Waals surface area contributed by atoms with Crippen molar-refractivity contribution in [3.63, 3.8) is 0 Å². The van der Waals surface area contributed by atoms with Crippen LogP contribution in [0.3, 0.4) is 0 Å². The summed E-state index contributed by atoms with van der Waals surface area (Å²) >= 11 is 0. The van der Waals surface area contributed by atoms with E-state index >= 15 is 4.39 Å². The van der Waals surface area contributed by atoms with Gasteiger partial charge >= 0.3 is 6.01 Å². The maximum absolute atomic E-state index is 16.8. The van der Waals surface area contributed by atoms with Crippen LogP contribution in [0.15, 0.2) is 60.5 Å². The van der Waals surface area contributed by atoms with Gasteiger partial charge in [-0.2, -0.15) is 9.97 Å². The molecule has 1 aromatic heterocycles. The lowest BCUT2D eigenvalue weighted by Gasteiger charge is -2.34. The van der Waals surface area contributed by atoms with Crippen LogP contribution in [0.5, 0.6) is 6.01 Å². The summed E-state index contributed by atoms with van der Waals surface area (Å²) in [4.78, 5) is 13.6. The van der Waals surface area contributed by atoms with Gasteiger partial charge in [-0.25, -0.2) is 13.2 Å². The highest BCUT2D eigenvalue weighted by Gasteiger charge is 2.45. The van der Waals surface area contributed by atoms with Crippen molar-refractivity contribution in [1.29, 1.82) is 0 Å². The number of hydrogen-bond acceptors (Lipinski definition) is 7. The molecule has 10 heteroatoms. The first-order valence-corrected chi connectivity index (χ1v) is 14.8. The summed E-state index contributed by atoms with van der Waals surface area (Å²) in [5, 5.41) is 5.03. The average Bonchev–Trinajstić information content (AvgIpc) is 3.66. The summed E-state index contributed by atoms with van der Waals surface area (Å²) in [5.41, 5.74) is 6.66. The number of halogens is 3. The second-order valence-electron chi connectivity index (χ2n) is 12.1. The maximum Gasteiger partial charge on any atom is 0.319 e. The third kappa shape index (κ3) is 4.22. The maximum atomic E-state index is 16.8. The second kappa shape index (κ2) is 9.97. The Hall–Kier alpha value is -4.59. The molecule has 3 atom stereocenters. The summed E-state index contributed by atoms with van der Waals surface area (Å²) in [6, 6.07) is 9.85. The molecule has 3 unspecified atom stereocenters. The summed E-state index contributed by atoms with van der Waals surface area (Å²) in [7, 11) is 0. The summed E-state index contributed by atoms with van der Waals surface area (Å²) in [5.74, 6) is 1.60.